The molecule has 0 radical (unpaired) electrons. The third-order valence-electron chi connectivity index (χ3n) is 2.42. The molecule has 1 rings (SSSR count). The Bertz CT molecular complexity index is 294. The van der Waals surface area contributed by atoms with Gasteiger partial charge in [0.15, 0.2) is 0 Å². The monoisotopic (exact) mass is 227 g/mol. The minimum atomic E-state index is -0.795. The van der Waals surface area contributed by atoms with Gasteiger partial charge in [0, 0.05) is 13.1 Å². The summed E-state index contributed by atoms with van der Waals surface area (Å²) in [7, 11) is 0. The molecule has 0 aromatic carbocycles. The molecular formula is C10H21N5O. The van der Waals surface area contributed by atoms with Gasteiger partial charge in [0.25, 0.3) is 5.84 Å². The van der Waals surface area contributed by atoms with Crippen molar-refractivity contribution in [1.29, 1.82) is 0 Å². The van der Waals surface area contributed by atoms with Gasteiger partial charge in [0.1, 0.15) is 5.82 Å². The predicted molar refractivity (Wildman–Crippen MR) is 64.2 cm³/mol. The van der Waals surface area contributed by atoms with Crippen LogP contribution in [0.1, 0.15) is 26.7 Å². The molecule has 0 amide bonds. The molecule has 0 aromatic heterocycles. The minimum Gasteiger partial charge on any atom is -0.713 e. The molecule has 0 unspecified atom stereocenters. The lowest BCUT2D eigenvalue weighted by atomic mass is 10.3. The molecule has 6 heteroatoms. The van der Waals surface area contributed by atoms with E-state index in [4.69, 9.17) is 11.5 Å². The van der Waals surface area contributed by atoms with Gasteiger partial charge >= 0.3 is 0 Å². The van der Waals surface area contributed by atoms with Crippen LogP contribution in [0.15, 0.2) is 11.9 Å². The summed E-state index contributed by atoms with van der Waals surface area (Å²) in [4.78, 5) is 2.15. The molecule has 0 saturated carbocycles. The van der Waals surface area contributed by atoms with E-state index in [0.717, 1.165) is 31.8 Å². The van der Waals surface area contributed by atoms with Crippen LogP contribution in [-0.4, -0.2) is 34.9 Å². The van der Waals surface area contributed by atoms with Crippen molar-refractivity contribution in [3.63, 3.8) is 0 Å². The van der Waals surface area contributed by atoms with Gasteiger partial charge in [-0.1, -0.05) is 13.8 Å². The zero-order valence-electron chi connectivity index (χ0n) is 9.94. The molecule has 1 atom stereocenters. The molecule has 6 nitrogen and oxygen atoms in total. The zero-order valence-corrected chi connectivity index (χ0v) is 9.94. The van der Waals surface area contributed by atoms with Gasteiger partial charge in [-0.05, 0) is 12.8 Å². The summed E-state index contributed by atoms with van der Waals surface area (Å²) < 4.78 is 0.569. The van der Waals surface area contributed by atoms with Crippen molar-refractivity contribution >= 4 is 5.84 Å². The highest BCUT2D eigenvalue weighted by Gasteiger charge is 2.20. The maximum atomic E-state index is 11.3. The first-order valence-corrected chi connectivity index (χ1v) is 5.67. The maximum absolute atomic E-state index is 11.3. The molecule has 0 spiro atoms. The number of hydroxylamine groups is 1. The molecule has 0 fully saturated rings. The first kappa shape index (κ1) is 12.6. The molecule has 1 aliphatic rings. The second kappa shape index (κ2) is 5.60. The number of nitrogens with two attached hydrogens (primary N) is 2. The van der Waals surface area contributed by atoms with Crippen LogP contribution >= 0.6 is 0 Å². The average Bonchev–Trinajstić information content (AvgIpc) is 2.25. The average molecular weight is 227 g/mol. The van der Waals surface area contributed by atoms with E-state index >= 15 is 0 Å². The topological polar surface area (TPSA) is 93.4 Å². The number of rotatable bonds is 5. The summed E-state index contributed by atoms with van der Waals surface area (Å²) >= 11 is 0. The molecule has 16 heavy (non-hydrogen) atoms. The lowest BCUT2D eigenvalue weighted by molar-refractivity contribution is -0.508. The third kappa shape index (κ3) is 2.79. The highest BCUT2D eigenvalue weighted by Crippen LogP contribution is 2.07. The Morgan fingerprint density at radius 2 is 2.00 bits per heavy atom. The van der Waals surface area contributed by atoms with Crippen LogP contribution in [-0.2, 0) is 0 Å². The summed E-state index contributed by atoms with van der Waals surface area (Å²) in [5.41, 5.74) is 11.2. The van der Waals surface area contributed by atoms with Crippen LogP contribution in [0.5, 0.6) is 0 Å². The van der Waals surface area contributed by atoms with Crippen LogP contribution in [0.3, 0.4) is 0 Å². The molecule has 0 bridgehead atoms. The van der Waals surface area contributed by atoms with Crippen molar-refractivity contribution in [3.8, 4) is 0 Å². The van der Waals surface area contributed by atoms with Crippen molar-refractivity contribution in [3.05, 3.63) is 17.1 Å². The van der Waals surface area contributed by atoms with Crippen molar-refractivity contribution in [2.45, 2.75) is 33.0 Å². The summed E-state index contributed by atoms with van der Waals surface area (Å²) in [5, 5.41) is 14.3. The van der Waals surface area contributed by atoms with Crippen molar-refractivity contribution in [2.75, 3.05) is 13.1 Å². The van der Waals surface area contributed by atoms with E-state index in [1.807, 2.05) is 0 Å². The molecular weight excluding hydrogens is 206 g/mol. The minimum absolute atomic E-state index is 0.151. The number of nitrogens with zero attached hydrogens (tertiary/aromatic N) is 2. The van der Waals surface area contributed by atoms with Gasteiger partial charge in [-0.3, -0.25) is 11.5 Å². The van der Waals surface area contributed by atoms with E-state index < -0.39 is 6.29 Å². The molecule has 1 heterocycles. The van der Waals surface area contributed by atoms with E-state index in [1.54, 1.807) is 6.08 Å². The molecule has 0 aliphatic carbocycles. The van der Waals surface area contributed by atoms with E-state index in [0.29, 0.717) is 4.74 Å². The highest BCUT2D eigenvalue weighted by molar-refractivity contribution is 5.88. The quantitative estimate of drug-likeness (QED) is 0.441. The fraction of sp³-hybridized carbons (Fsp3) is 0.700. The van der Waals surface area contributed by atoms with Crippen molar-refractivity contribution < 1.29 is 4.74 Å². The van der Waals surface area contributed by atoms with Gasteiger partial charge < -0.3 is 15.4 Å². The molecule has 5 N–H and O–H groups in total. The van der Waals surface area contributed by atoms with Gasteiger partial charge in [-0.2, -0.15) is 0 Å². The molecule has 0 aromatic rings. The van der Waals surface area contributed by atoms with Gasteiger partial charge in [-0.25, -0.2) is 4.74 Å². The third-order valence-corrected chi connectivity index (χ3v) is 2.42. The summed E-state index contributed by atoms with van der Waals surface area (Å²) in [6.45, 7) is 6.06. The van der Waals surface area contributed by atoms with E-state index in [1.165, 1.54) is 0 Å². The fourth-order valence-electron chi connectivity index (χ4n) is 1.69. The lowest BCUT2D eigenvalue weighted by Gasteiger charge is -2.33. The first-order valence-electron chi connectivity index (χ1n) is 5.67. The summed E-state index contributed by atoms with van der Waals surface area (Å²) in [5.74, 6) is 0.985. The molecule has 92 valence electrons. The van der Waals surface area contributed by atoms with Crippen LogP contribution in [0.2, 0.25) is 0 Å². The zero-order chi connectivity index (χ0) is 12.1. The van der Waals surface area contributed by atoms with Gasteiger partial charge in [-0.15, -0.1) is 0 Å². The van der Waals surface area contributed by atoms with Gasteiger partial charge in [0.2, 0.25) is 6.29 Å². The Morgan fingerprint density at radius 3 is 2.44 bits per heavy atom. The van der Waals surface area contributed by atoms with Crippen LogP contribution in [0.25, 0.3) is 0 Å². The normalized spacial score (nSPS) is 20.4. The fourth-order valence-corrected chi connectivity index (χ4v) is 1.69. The van der Waals surface area contributed by atoms with Crippen molar-refractivity contribution in [1.82, 2.24) is 10.2 Å². The first-order chi connectivity index (χ1) is 7.60. The Balaban J connectivity index is 2.82. The number of nitrogens with one attached hydrogen (secondary N) is 1. The van der Waals surface area contributed by atoms with E-state index in [9.17, 15) is 5.21 Å². The number of hydrogen-bond donors (Lipinski definition) is 3. The summed E-state index contributed by atoms with van der Waals surface area (Å²) in [6.07, 6.45) is 2.92. The Morgan fingerprint density at radius 1 is 1.44 bits per heavy atom. The standard InChI is InChI=1S/C10H21N5O/c1-3-5-14(6-4-2)9-7-8(11)15(16)10(12)13-9/h7,10,13H,3-6,11-12H2,1-2H3/t10-/m1/s1. The summed E-state index contributed by atoms with van der Waals surface area (Å²) in [6, 6.07) is 0. The van der Waals surface area contributed by atoms with Crippen molar-refractivity contribution in [2.24, 2.45) is 11.5 Å². The lowest BCUT2D eigenvalue weighted by Crippen LogP contribution is -2.54. The van der Waals surface area contributed by atoms with Crippen LogP contribution < -0.4 is 16.8 Å². The molecule has 1 aliphatic heterocycles. The highest BCUT2D eigenvalue weighted by atomic mass is 16.5. The van der Waals surface area contributed by atoms with E-state index in [2.05, 4.69) is 24.1 Å². The van der Waals surface area contributed by atoms with Crippen LogP contribution in [0.4, 0.5) is 0 Å². The van der Waals surface area contributed by atoms with E-state index in [-0.39, 0.29) is 5.84 Å². The number of amidine groups is 1. The maximum Gasteiger partial charge on any atom is 0.277 e. The Labute approximate surface area is 96.2 Å². The van der Waals surface area contributed by atoms with Crippen LogP contribution in [0, 0.1) is 5.21 Å². The molecule has 0 saturated heterocycles. The predicted octanol–water partition coefficient (Wildman–Crippen LogP) is -0.337. The SMILES string of the molecule is CCCN(CCC)C1=CC(N)=[N+]([O-])[C@H](N)N1. The Hall–Kier alpha value is -1.43. The number of hydrogen-bond acceptors (Lipinski definition) is 5. The largest absolute Gasteiger partial charge is 0.713 e. The smallest absolute Gasteiger partial charge is 0.277 e. The second-order valence-electron chi connectivity index (χ2n) is 3.86. The van der Waals surface area contributed by atoms with Gasteiger partial charge in [0.05, 0.1) is 6.08 Å². The second-order valence-corrected chi connectivity index (χ2v) is 3.86. The Kier molecular flexibility index (Phi) is 4.42.